The van der Waals surface area contributed by atoms with E-state index in [9.17, 15) is 0 Å². The fourth-order valence-electron chi connectivity index (χ4n) is 4.75. The summed E-state index contributed by atoms with van der Waals surface area (Å²) in [6.07, 6.45) is 1.78. The van der Waals surface area contributed by atoms with E-state index in [0.717, 1.165) is 60.4 Å². The van der Waals surface area contributed by atoms with Gasteiger partial charge in [0.15, 0.2) is 0 Å². The molecule has 4 aromatic rings. The Kier molecular flexibility index (Phi) is 9.44. The van der Waals surface area contributed by atoms with E-state index < -0.39 is 0 Å². The average molecular weight is 555 g/mol. The van der Waals surface area contributed by atoms with E-state index in [2.05, 4.69) is 51.2 Å². The van der Waals surface area contributed by atoms with Crippen LogP contribution in [0.15, 0.2) is 91.1 Å². The number of morpholine rings is 1. The minimum Gasteiger partial charge on any atom is -0.497 e. The van der Waals surface area contributed by atoms with Gasteiger partial charge >= 0.3 is 0 Å². The Bertz CT molecular complexity index is 1390. The van der Waals surface area contributed by atoms with Gasteiger partial charge in [-0.3, -0.25) is 0 Å². The minimum absolute atomic E-state index is 0.382. The maximum atomic E-state index is 6.01. The Morgan fingerprint density at radius 2 is 1.54 bits per heavy atom. The minimum atomic E-state index is 0.382. The highest BCUT2D eigenvalue weighted by Crippen LogP contribution is 2.32. The number of nitrogens with zero attached hydrogens (tertiary/aromatic N) is 4. The SMILES string of the molecule is COc1cccc(CN(c2ccc(N3CCOCC3)cc2)c2ccnc(OCCOc3cccc(N(C)C)c3)c2)c1. The Morgan fingerprint density at radius 1 is 0.780 bits per heavy atom. The molecule has 8 nitrogen and oxygen atoms in total. The van der Waals surface area contributed by atoms with E-state index in [0.29, 0.717) is 25.6 Å². The molecule has 1 fully saturated rings. The van der Waals surface area contributed by atoms with Gasteiger partial charge in [-0.05, 0) is 60.2 Å². The summed E-state index contributed by atoms with van der Waals surface area (Å²) >= 11 is 0. The molecule has 0 saturated carbocycles. The van der Waals surface area contributed by atoms with Crippen molar-refractivity contribution in [1.29, 1.82) is 0 Å². The molecule has 3 aromatic carbocycles. The van der Waals surface area contributed by atoms with Crippen molar-refractivity contribution in [2.24, 2.45) is 0 Å². The van der Waals surface area contributed by atoms with Crippen molar-refractivity contribution in [3.8, 4) is 17.4 Å². The number of hydrogen-bond donors (Lipinski definition) is 0. The Hall–Kier alpha value is -4.43. The Labute approximate surface area is 242 Å². The van der Waals surface area contributed by atoms with Crippen molar-refractivity contribution >= 4 is 22.7 Å². The molecule has 0 N–H and O–H groups in total. The van der Waals surface area contributed by atoms with Crippen LogP contribution in [0.3, 0.4) is 0 Å². The monoisotopic (exact) mass is 554 g/mol. The lowest BCUT2D eigenvalue weighted by atomic mass is 10.1. The van der Waals surface area contributed by atoms with Crippen LogP contribution in [0.5, 0.6) is 17.4 Å². The lowest BCUT2D eigenvalue weighted by molar-refractivity contribution is 0.122. The number of anilines is 4. The lowest BCUT2D eigenvalue weighted by Crippen LogP contribution is -2.36. The molecule has 0 unspecified atom stereocenters. The maximum Gasteiger partial charge on any atom is 0.215 e. The van der Waals surface area contributed by atoms with Gasteiger partial charge < -0.3 is 33.6 Å². The molecule has 1 aromatic heterocycles. The molecule has 1 aliphatic rings. The zero-order valence-corrected chi connectivity index (χ0v) is 24.0. The predicted molar refractivity (Wildman–Crippen MR) is 164 cm³/mol. The quantitative estimate of drug-likeness (QED) is 0.204. The van der Waals surface area contributed by atoms with Crippen molar-refractivity contribution in [3.63, 3.8) is 0 Å². The fraction of sp³-hybridized carbons (Fsp3) is 0.303. The predicted octanol–water partition coefficient (Wildman–Crippen LogP) is 5.79. The van der Waals surface area contributed by atoms with E-state index >= 15 is 0 Å². The van der Waals surface area contributed by atoms with Gasteiger partial charge in [-0.25, -0.2) is 4.98 Å². The second kappa shape index (κ2) is 13.8. The molecule has 5 rings (SSSR count). The number of rotatable bonds is 12. The number of benzene rings is 3. The molecule has 0 radical (unpaired) electrons. The molecule has 41 heavy (non-hydrogen) atoms. The summed E-state index contributed by atoms with van der Waals surface area (Å²) in [7, 11) is 5.71. The van der Waals surface area contributed by atoms with Gasteiger partial charge in [0.2, 0.25) is 5.88 Å². The summed E-state index contributed by atoms with van der Waals surface area (Å²) in [6, 6.07) is 28.8. The molecule has 2 heterocycles. The highest BCUT2D eigenvalue weighted by Gasteiger charge is 2.15. The van der Waals surface area contributed by atoms with Crippen LogP contribution < -0.4 is 28.9 Å². The molecule has 0 aliphatic carbocycles. The van der Waals surface area contributed by atoms with Crippen LogP contribution in [0.25, 0.3) is 0 Å². The van der Waals surface area contributed by atoms with Crippen molar-refractivity contribution in [2.45, 2.75) is 6.54 Å². The molecular formula is C33H38N4O4. The summed E-state index contributed by atoms with van der Waals surface area (Å²) in [5.41, 5.74) is 5.48. The number of pyridine rings is 1. The van der Waals surface area contributed by atoms with E-state index in [4.69, 9.17) is 18.9 Å². The topological polar surface area (TPSA) is 59.5 Å². The third kappa shape index (κ3) is 7.61. The van der Waals surface area contributed by atoms with Crippen molar-refractivity contribution < 1.29 is 18.9 Å². The normalized spacial score (nSPS) is 13.0. The fourth-order valence-corrected chi connectivity index (χ4v) is 4.75. The van der Waals surface area contributed by atoms with E-state index in [1.165, 1.54) is 5.69 Å². The Morgan fingerprint density at radius 3 is 2.32 bits per heavy atom. The number of aromatic nitrogens is 1. The van der Waals surface area contributed by atoms with Crippen LogP contribution in [-0.2, 0) is 11.3 Å². The summed E-state index contributed by atoms with van der Waals surface area (Å²) in [4.78, 5) is 11.1. The molecule has 0 bridgehead atoms. The third-order valence-corrected chi connectivity index (χ3v) is 6.98. The maximum absolute atomic E-state index is 6.01. The number of methoxy groups -OCH3 is 1. The second-order valence-corrected chi connectivity index (χ2v) is 9.99. The third-order valence-electron chi connectivity index (χ3n) is 6.98. The van der Waals surface area contributed by atoms with Gasteiger partial charge in [-0.1, -0.05) is 18.2 Å². The molecular weight excluding hydrogens is 516 g/mol. The van der Waals surface area contributed by atoms with E-state index in [1.807, 2.05) is 67.5 Å². The first-order valence-corrected chi connectivity index (χ1v) is 13.9. The molecule has 8 heteroatoms. The zero-order chi connectivity index (χ0) is 28.4. The van der Waals surface area contributed by atoms with E-state index in [-0.39, 0.29) is 0 Å². The molecule has 1 aliphatic heterocycles. The molecule has 0 amide bonds. The van der Waals surface area contributed by atoms with Crippen LogP contribution in [-0.4, -0.2) is 65.7 Å². The smallest absolute Gasteiger partial charge is 0.215 e. The van der Waals surface area contributed by atoms with Crippen molar-refractivity contribution in [3.05, 3.63) is 96.7 Å². The summed E-state index contributed by atoms with van der Waals surface area (Å²) in [6.45, 7) is 4.79. The highest BCUT2D eigenvalue weighted by molar-refractivity contribution is 5.66. The molecule has 214 valence electrons. The van der Waals surface area contributed by atoms with Crippen LogP contribution in [0.4, 0.5) is 22.7 Å². The summed E-state index contributed by atoms with van der Waals surface area (Å²) < 4.78 is 22.9. The van der Waals surface area contributed by atoms with Crippen molar-refractivity contribution in [2.75, 3.05) is 75.4 Å². The lowest BCUT2D eigenvalue weighted by Gasteiger charge is -2.30. The van der Waals surface area contributed by atoms with Gasteiger partial charge in [0.05, 0.1) is 20.3 Å². The molecule has 0 spiro atoms. The van der Waals surface area contributed by atoms with Gasteiger partial charge in [0.1, 0.15) is 24.7 Å². The van der Waals surface area contributed by atoms with Gasteiger partial charge in [-0.2, -0.15) is 0 Å². The van der Waals surface area contributed by atoms with Crippen molar-refractivity contribution in [1.82, 2.24) is 4.98 Å². The highest BCUT2D eigenvalue weighted by atomic mass is 16.5. The zero-order valence-electron chi connectivity index (χ0n) is 24.0. The second-order valence-electron chi connectivity index (χ2n) is 9.99. The van der Waals surface area contributed by atoms with E-state index in [1.54, 1.807) is 13.3 Å². The average Bonchev–Trinajstić information content (AvgIpc) is 3.03. The Balaban J connectivity index is 1.31. The standard InChI is InChI=1S/C33H38N4O4/c1-35(2)29-7-5-9-32(23-29)40-20-21-41-33-24-30(14-15-34-33)37(25-26-6-4-8-31(22-26)38-3)28-12-10-27(11-13-28)36-16-18-39-19-17-36/h4-15,22-24H,16-21,25H2,1-3H3. The first kappa shape index (κ1) is 28.1. The van der Waals surface area contributed by atoms with Gasteiger partial charge in [0, 0.05) is 74.8 Å². The largest absolute Gasteiger partial charge is 0.497 e. The number of ether oxygens (including phenoxy) is 4. The van der Waals surface area contributed by atoms with Crippen LogP contribution in [0, 0.1) is 0 Å². The summed E-state index contributed by atoms with van der Waals surface area (Å²) in [5, 5.41) is 0. The first-order chi connectivity index (χ1) is 20.1. The van der Waals surface area contributed by atoms with Crippen LogP contribution in [0.2, 0.25) is 0 Å². The van der Waals surface area contributed by atoms with Gasteiger partial charge in [0.25, 0.3) is 0 Å². The molecule has 0 atom stereocenters. The summed E-state index contributed by atoms with van der Waals surface area (Å²) in [5.74, 6) is 2.19. The first-order valence-electron chi connectivity index (χ1n) is 13.9. The van der Waals surface area contributed by atoms with Crippen LogP contribution in [0.1, 0.15) is 5.56 Å². The van der Waals surface area contributed by atoms with Gasteiger partial charge in [-0.15, -0.1) is 0 Å². The van der Waals surface area contributed by atoms with Crippen LogP contribution >= 0.6 is 0 Å². The number of hydrogen-bond acceptors (Lipinski definition) is 8. The molecule has 1 saturated heterocycles.